The van der Waals surface area contributed by atoms with Crippen LogP contribution in [0.25, 0.3) is 22.9 Å². The fraction of sp³-hybridized carbons (Fsp3) is 0.346. The number of hydrogen-bond donors (Lipinski definition) is 2. The van der Waals surface area contributed by atoms with Crippen molar-refractivity contribution in [2.45, 2.75) is 44.7 Å². The van der Waals surface area contributed by atoms with E-state index < -0.39 is 0 Å². The van der Waals surface area contributed by atoms with Crippen LogP contribution in [0.1, 0.15) is 47.5 Å². The first kappa shape index (κ1) is 24.5. The number of rotatable bonds is 9. The molecular weight excluding hydrogens is 498 g/mol. The number of carbonyl (C=O) groups is 2. The third-order valence-corrected chi connectivity index (χ3v) is 8.06. The number of aromatic amines is 1. The van der Waals surface area contributed by atoms with Crippen LogP contribution in [0.5, 0.6) is 0 Å². The molecule has 0 bridgehead atoms. The molecule has 0 aromatic carbocycles. The van der Waals surface area contributed by atoms with E-state index in [1.807, 2.05) is 18.2 Å². The van der Waals surface area contributed by atoms with E-state index in [0.717, 1.165) is 30.5 Å². The lowest BCUT2D eigenvalue weighted by Gasteiger charge is -2.18. The zero-order valence-electron chi connectivity index (χ0n) is 20.1. The van der Waals surface area contributed by atoms with Crippen LogP contribution in [0.2, 0.25) is 0 Å². The summed E-state index contributed by atoms with van der Waals surface area (Å²) >= 11 is 2.94. The predicted octanol–water partition coefficient (Wildman–Crippen LogP) is 6.41. The molecule has 0 spiro atoms. The summed E-state index contributed by atoms with van der Waals surface area (Å²) in [5, 5.41) is 4.23. The van der Waals surface area contributed by atoms with Crippen molar-refractivity contribution < 1.29 is 23.2 Å². The summed E-state index contributed by atoms with van der Waals surface area (Å²) in [6.07, 6.45) is 6.25. The second-order valence-electron chi connectivity index (χ2n) is 8.64. The lowest BCUT2D eigenvalue weighted by Crippen LogP contribution is -2.16. The first-order valence-electron chi connectivity index (χ1n) is 12.0. The SMILES string of the molecule is CCOC(=O)c1c(NC(=O)CCSc2nc(-c3ccco3)c(-c3ccco3)[nH]2)sc2c1CCC(C)C2. The number of amides is 1. The molecule has 8 nitrogen and oxygen atoms in total. The number of furan rings is 2. The van der Waals surface area contributed by atoms with Gasteiger partial charge in [0, 0.05) is 17.1 Å². The summed E-state index contributed by atoms with van der Waals surface area (Å²) in [5.74, 6) is 1.84. The summed E-state index contributed by atoms with van der Waals surface area (Å²) in [7, 11) is 0. The molecule has 1 aliphatic carbocycles. The Morgan fingerprint density at radius 1 is 1.25 bits per heavy atom. The van der Waals surface area contributed by atoms with Crippen LogP contribution >= 0.6 is 23.1 Å². The molecule has 0 radical (unpaired) electrons. The number of H-pyrrole nitrogens is 1. The number of thiophene rings is 1. The Labute approximate surface area is 216 Å². The molecule has 188 valence electrons. The molecule has 1 amide bonds. The van der Waals surface area contributed by atoms with Crippen LogP contribution < -0.4 is 5.32 Å². The highest BCUT2D eigenvalue weighted by atomic mass is 32.2. The second kappa shape index (κ2) is 10.8. The van der Waals surface area contributed by atoms with Crippen LogP contribution in [0.15, 0.2) is 50.8 Å². The molecule has 5 rings (SSSR count). The van der Waals surface area contributed by atoms with Gasteiger partial charge in [-0.15, -0.1) is 11.3 Å². The van der Waals surface area contributed by atoms with Crippen LogP contribution in [-0.4, -0.2) is 34.2 Å². The maximum Gasteiger partial charge on any atom is 0.341 e. The van der Waals surface area contributed by atoms with E-state index in [-0.39, 0.29) is 18.3 Å². The number of hydrogen-bond acceptors (Lipinski definition) is 8. The number of aromatic nitrogens is 2. The molecule has 1 atom stereocenters. The van der Waals surface area contributed by atoms with E-state index in [4.69, 9.17) is 13.6 Å². The normalized spacial score (nSPS) is 15.0. The van der Waals surface area contributed by atoms with Crippen LogP contribution in [0.4, 0.5) is 5.00 Å². The summed E-state index contributed by atoms with van der Waals surface area (Å²) in [5.41, 5.74) is 2.94. The smallest absolute Gasteiger partial charge is 0.341 e. The van der Waals surface area contributed by atoms with E-state index in [1.165, 1.54) is 28.0 Å². The number of anilines is 1. The summed E-state index contributed by atoms with van der Waals surface area (Å²) in [4.78, 5) is 34.6. The average Bonchev–Trinajstić information content (AvgIpc) is 3.64. The molecule has 0 fully saturated rings. The van der Waals surface area contributed by atoms with E-state index >= 15 is 0 Å². The van der Waals surface area contributed by atoms with Gasteiger partial charge in [0.25, 0.3) is 0 Å². The van der Waals surface area contributed by atoms with Crippen molar-refractivity contribution in [2.24, 2.45) is 5.92 Å². The van der Waals surface area contributed by atoms with Gasteiger partial charge in [0.2, 0.25) is 5.91 Å². The lowest BCUT2D eigenvalue weighted by atomic mass is 9.88. The van der Waals surface area contributed by atoms with Gasteiger partial charge in [-0.05, 0) is 61.9 Å². The Morgan fingerprint density at radius 2 is 2.03 bits per heavy atom. The molecule has 10 heteroatoms. The zero-order valence-corrected chi connectivity index (χ0v) is 21.7. The molecule has 36 heavy (non-hydrogen) atoms. The van der Waals surface area contributed by atoms with Gasteiger partial charge in [-0.1, -0.05) is 18.7 Å². The third kappa shape index (κ3) is 5.15. The van der Waals surface area contributed by atoms with Gasteiger partial charge in [0.05, 0.1) is 24.7 Å². The van der Waals surface area contributed by atoms with Gasteiger partial charge in [-0.2, -0.15) is 0 Å². The maximum atomic E-state index is 12.8. The molecule has 2 N–H and O–H groups in total. The minimum atomic E-state index is -0.360. The summed E-state index contributed by atoms with van der Waals surface area (Å²) in [6, 6.07) is 7.31. The predicted molar refractivity (Wildman–Crippen MR) is 139 cm³/mol. The fourth-order valence-corrected chi connectivity index (χ4v) is 6.52. The van der Waals surface area contributed by atoms with E-state index in [2.05, 4.69) is 22.2 Å². The largest absolute Gasteiger partial charge is 0.463 e. The highest BCUT2D eigenvalue weighted by Gasteiger charge is 2.29. The van der Waals surface area contributed by atoms with Gasteiger partial charge in [-0.25, -0.2) is 9.78 Å². The number of ether oxygens (including phenoxy) is 1. The molecule has 1 unspecified atom stereocenters. The Bertz CT molecular complexity index is 1290. The van der Waals surface area contributed by atoms with E-state index in [1.54, 1.807) is 25.5 Å². The summed E-state index contributed by atoms with van der Waals surface area (Å²) < 4.78 is 16.4. The van der Waals surface area contributed by atoms with Gasteiger partial charge >= 0.3 is 5.97 Å². The quantitative estimate of drug-likeness (QED) is 0.192. The average molecular weight is 526 g/mol. The Balaban J connectivity index is 1.26. The van der Waals surface area contributed by atoms with Crippen molar-refractivity contribution in [2.75, 3.05) is 17.7 Å². The molecular formula is C26H27N3O5S2. The van der Waals surface area contributed by atoms with Gasteiger partial charge < -0.3 is 23.9 Å². The van der Waals surface area contributed by atoms with Crippen molar-refractivity contribution >= 4 is 40.0 Å². The number of imidazole rings is 1. The molecule has 4 heterocycles. The zero-order chi connectivity index (χ0) is 25.1. The van der Waals surface area contributed by atoms with Crippen molar-refractivity contribution in [1.29, 1.82) is 0 Å². The van der Waals surface area contributed by atoms with Gasteiger partial charge in [0.15, 0.2) is 16.7 Å². The van der Waals surface area contributed by atoms with Crippen molar-refractivity contribution in [3.8, 4) is 22.9 Å². The first-order valence-corrected chi connectivity index (χ1v) is 13.8. The molecule has 0 aliphatic heterocycles. The number of carbonyl (C=O) groups excluding carboxylic acids is 2. The Hall–Kier alpha value is -3.24. The second-order valence-corrected chi connectivity index (χ2v) is 10.8. The Morgan fingerprint density at radius 3 is 2.75 bits per heavy atom. The molecule has 4 aromatic heterocycles. The number of nitrogens with zero attached hydrogens (tertiary/aromatic N) is 1. The highest BCUT2D eigenvalue weighted by Crippen LogP contribution is 2.40. The fourth-order valence-electron chi connectivity index (χ4n) is 4.30. The van der Waals surface area contributed by atoms with E-state index in [9.17, 15) is 9.59 Å². The van der Waals surface area contributed by atoms with Crippen molar-refractivity contribution in [3.63, 3.8) is 0 Å². The number of esters is 1. The van der Waals surface area contributed by atoms with Crippen LogP contribution in [0, 0.1) is 5.92 Å². The standard InChI is InChI=1S/C26H27N3O5S2/c1-3-32-25(31)21-16-9-8-15(2)14-19(16)36-24(21)27-20(30)10-13-35-26-28-22(17-6-4-11-33-17)23(29-26)18-7-5-12-34-18/h4-7,11-12,15H,3,8-10,13-14H2,1-2H3,(H,27,30)(H,28,29). The highest BCUT2D eigenvalue weighted by molar-refractivity contribution is 7.99. The van der Waals surface area contributed by atoms with E-state index in [0.29, 0.717) is 51.2 Å². The maximum absolute atomic E-state index is 12.8. The molecule has 1 aliphatic rings. The topological polar surface area (TPSA) is 110 Å². The lowest BCUT2D eigenvalue weighted by molar-refractivity contribution is -0.115. The van der Waals surface area contributed by atoms with Crippen molar-refractivity contribution in [1.82, 2.24) is 9.97 Å². The van der Waals surface area contributed by atoms with Gasteiger partial charge in [-0.3, -0.25) is 4.79 Å². The molecule has 4 aromatic rings. The minimum absolute atomic E-state index is 0.149. The van der Waals surface area contributed by atoms with Gasteiger partial charge in [0.1, 0.15) is 16.4 Å². The minimum Gasteiger partial charge on any atom is -0.463 e. The van der Waals surface area contributed by atoms with Crippen LogP contribution in [-0.2, 0) is 22.4 Å². The number of fused-ring (bicyclic) bond motifs is 1. The molecule has 0 saturated carbocycles. The third-order valence-electron chi connectivity index (χ3n) is 6.02. The van der Waals surface area contributed by atoms with Crippen LogP contribution in [0.3, 0.4) is 0 Å². The summed E-state index contributed by atoms with van der Waals surface area (Å²) in [6.45, 7) is 4.30. The number of thioether (sulfide) groups is 1. The molecule has 0 saturated heterocycles. The Kier molecular flexibility index (Phi) is 7.33. The van der Waals surface area contributed by atoms with Crippen molar-refractivity contribution in [3.05, 3.63) is 52.8 Å². The monoisotopic (exact) mass is 525 g/mol. The number of nitrogens with one attached hydrogen (secondary N) is 2. The first-order chi connectivity index (χ1) is 17.5.